The molecule has 0 aliphatic rings. The number of hydrogen-bond acceptors (Lipinski definition) is 0. The summed E-state index contributed by atoms with van der Waals surface area (Å²) in [7, 11) is 0. The molecular formula is C11H15Li. The van der Waals surface area contributed by atoms with Crippen molar-refractivity contribution in [1.29, 1.82) is 0 Å². The molecule has 1 unspecified atom stereocenters. The van der Waals surface area contributed by atoms with Gasteiger partial charge in [0.25, 0.3) is 0 Å². The van der Waals surface area contributed by atoms with E-state index in [1.165, 1.54) is 17.5 Å². The summed E-state index contributed by atoms with van der Waals surface area (Å²) < 4.78 is 0. The molecule has 0 bridgehead atoms. The standard InChI is InChI=1S/C11H15.Li/c1-4-9(2)11-8-6-5-7-10(11)3;/h5-9H,3-4H2,1-2H3;/q-1;+1. The van der Waals surface area contributed by atoms with Crippen LogP contribution in [0, 0.1) is 6.92 Å². The average molecular weight is 154 g/mol. The summed E-state index contributed by atoms with van der Waals surface area (Å²) >= 11 is 0. The fraction of sp³-hybridized carbons (Fsp3) is 0.364. The molecule has 0 nitrogen and oxygen atoms in total. The molecular weight excluding hydrogens is 139 g/mol. The quantitative estimate of drug-likeness (QED) is 0.427. The van der Waals surface area contributed by atoms with Crippen molar-refractivity contribution in [2.24, 2.45) is 0 Å². The van der Waals surface area contributed by atoms with Gasteiger partial charge in [0.2, 0.25) is 0 Å². The van der Waals surface area contributed by atoms with E-state index in [2.05, 4.69) is 39.0 Å². The Balaban J connectivity index is 0.00000121. The molecule has 1 aromatic rings. The Morgan fingerprint density at radius 2 is 1.92 bits per heavy atom. The van der Waals surface area contributed by atoms with Crippen molar-refractivity contribution in [3.05, 3.63) is 42.3 Å². The molecule has 0 aromatic heterocycles. The summed E-state index contributed by atoms with van der Waals surface area (Å²) in [5.41, 5.74) is 2.55. The van der Waals surface area contributed by atoms with Gasteiger partial charge in [0.1, 0.15) is 0 Å². The molecule has 0 spiro atoms. The molecule has 1 aromatic carbocycles. The van der Waals surface area contributed by atoms with Gasteiger partial charge in [-0.05, 0) is 0 Å². The van der Waals surface area contributed by atoms with Gasteiger partial charge in [0, 0.05) is 0 Å². The summed E-state index contributed by atoms with van der Waals surface area (Å²) in [5.74, 6) is 0.642. The van der Waals surface area contributed by atoms with Gasteiger partial charge in [-0.2, -0.15) is 18.6 Å². The van der Waals surface area contributed by atoms with Gasteiger partial charge in [-0.1, -0.05) is 32.3 Å². The van der Waals surface area contributed by atoms with E-state index in [9.17, 15) is 0 Å². The van der Waals surface area contributed by atoms with Gasteiger partial charge in [0.05, 0.1) is 0 Å². The van der Waals surface area contributed by atoms with Crippen LogP contribution < -0.4 is 18.9 Å². The number of benzene rings is 1. The van der Waals surface area contributed by atoms with Crippen molar-refractivity contribution in [3.63, 3.8) is 0 Å². The van der Waals surface area contributed by atoms with Crippen molar-refractivity contribution in [2.75, 3.05) is 0 Å². The maximum absolute atomic E-state index is 3.99. The molecule has 1 heteroatoms. The molecule has 0 saturated heterocycles. The largest absolute Gasteiger partial charge is 1.00 e. The van der Waals surface area contributed by atoms with Crippen LogP contribution in [0.1, 0.15) is 37.3 Å². The van der Waals surface area contributed by atoms with Crippen LogP contribution in [0.4, 0.5) is 0 Å². The van der Waals surface area contributed by atoms with Crippen LogP contribution in [0.15, 0.2) is 24.3 Å². The Morgan fingerprint density at radius 1 is 1.33 bits per heavy atom. The minimum atomic E-state index is 0. The molecule has 0 aliphatic carbocycles. The zero-order valence-electron chi connectivity index (χ0n) is 8.30. The molecule has 12 heavy (non-hydrogen) atoms. The Kier molecular flexibility index (Phi) is 5.21. The maximum Gasteiger partial charge on any atom is 1.00 e. The molecule has 0 fully saturated rings. The van der Waals surface area contributed by atoms with Gasteiger partial charge >= 0.3 is 18.9 Å². The van der Waals surface area contributed by atoms with Gasteiger partial charge < -0.3 is 0 Å². The first kappa shape index (κ1) is 11.7. The molecule has 0 saturated carbocycles. The molecule has 0 aliphatic heterocycles. The predicted molar refractivity (Wildman–Crippen MR) is 49.6 cm³/mol. The van der Waals surface area contributed by atoms with Crippen molar-refractivity contribution >= 4 is 0 Å². The fourth-order valence-corrected chi connectivity index (χ4v) is 1.23. The van der Waals surface area contributed by atoms with Crippen molar-refractivity contribution < 1.29 is 18.9 Å². The molecule has 0 heterocycles. The van der Waals surface area contributed by atoms with Crippen LogP contribution in [0.3, 0.4) is 0 Å². The number of hydrogen-bond donors (Lipinski definition) is 0. The van der Waals surface area contributed by atoms with E-state index >= 15 is 0 Å². The minimum absolute atomic E-state index is 0. The van der Waals surface area contributed by atoms with Crippen LogP contribution in [-0.2, 0) is 0 Å². The topological polar surface area (TPSA) is 0 Å². The second-order valence-corrected chi connectivity index (χ2v) is 3.01. The summed E-state index contributed by atoms with van der Waals surface area (Å²) in [6.07, 6.45) is 1.19. The molecule has 1 atom stereocenters. The summed E-state index contributed by atoms with van der Waals surface area (Å²) in [6.45, 7) is 8.44. The van der Waals surface area contributed by atoms with Gasteiger partial charge in [-0.25, -0.2) is 0 Å². The summed E-state index contributed by atoms with van der Waals surface area (Å²) in [5, 5.41) is 0. The first-order valence-corrected chi connectivity index (χ1v) is 4.16. The first-order valence-electron chi connectivity index (χ1n) is 4.16. The van der Waals surface area contributed by atoms with Gasteiger partial charge in [-0.15, -0.1) is 17.7 Å². The minimum Gasteiger partial charge on any atom is -0.198 e. The normalized spacial score (nSPS) is 11.8. The van der Waals surface area contributed by atoms with Crippen LogP contribution in [0.5, 0.6) is 0 Å². The Labute approximate surface area is 87.6 Å². The van der Waals surface area contributed by atoms with Crippen LogP contribution in [0.25, 0.3) is 0 Å². The van der Waals surface area contributed by atoms with Crippen LogP contribution in [0.2, 0.25) is 0 Å². The van der Waals surface area contributed by atoms with Crippen molar-refractivity contribution in [1.82, 2.24) is 0 Å². The van der Waals surface area contributed by atoms with E-state index < -0.39 is 0 Å². The second kappa shape index (κ2) is 5.35. The Morgan fingerprint density at radius 3 is 2.42 bits per heavy atom. The van der Waals surface area contributed by atoms with E-state index in [4.69, 9.17) is 0 Å². The monoisotopic (exact) mass is 154 g/mol. The third kappa shape index (κ3) is 2.63. The Hall–Kier alpha value is -0.313. The smallest absolute Gasteiger partial charge is 0.198 e. The molecule has 60 valence electrons. The van der Waals surface area contributed by atoms with Crippen molar-refractivity contribution in [3.8, 4) is 0 Å². The van der Waals surface area contributed by atoms with E-state index in [1.54, 1.807) is 0 Å². The van der Waals surface area contributed by atoms with E-state index in [1.807, 2.05) is 6.07 Å². The molecule has 1 rings (SSSR count). The molecule has 0 radical (unpaired) electrons. The van der Waals surface area contributed by atoms with Crippen LogP contribution in [-0.4, -0.2) is 0 Å². The van der Waals surface area contributed by atoms with E-state index in [0.29, 0.717) is 5.92 Å². The van der Waals surface area contributed by atoms with Gasteiger partial charge in [-0.3, -0.25) is 0 Å². The van der Waals surface area contributed by atoms with E-state index in [0.717, 1.165) is 0 Å². The summed E-state index contributed by atoms with van der Waals surface area (Å²) in [4.78, 5) is 0. The van der Waals surface area contributed by atoms with Crippen LogP contribution >= 0.6 is 0 Å². The fourth-order valence-electron chi connectivity index (χ4n) is 1.23. The third-order valence-electron chi connectivity index (χ3n) is 2.20. The maximum atomic E-state index is 3.99. The zero-order valence-corrected chi connectivity index (χ0v) is 8.30. The SMILES string of the molecule is [CH2-]c1ccccc1C(C)CC.[Li+]. The molecule has 0 amide bonds. The predicted octanol–water partition coefficient (Wildman–Crippen LogP) is 0.386. The number of rotatable bonds is 2. The molecule has 0 N–H and O–H groups in total. The average Bonchev–Trinajstić information content (AvgIpc) is 2.04. The third-order valence-corrected chi connectivity index (χ3v) is 2.20. The first-order chi connectivity index (χ1) is 5.25. The summed E-state index contributed by atoms with van der Waals surface area (Å²) in [6, 6.07) is 8.35. The van der Waals surface area contributed by atoms with Gasteiger partial charge in [0.15, 0.2) is 0 Å². The van der Waals surface area contributed by atoms with E-state index in [-0.39, 0.29) is 18.9 Å². The Bertz CT molecular complexity index is 230. The second-order valence-electron chi connectivity index (χ2n) is 3.01. The van der Waals surface area contributed by atoms with Crippen molar-refractivity contribution in [2.45, 2.75) is 26.2 Å². The zero-order chi connectivity index (χ0) is 8.27.